The molecule has 1 saturated heterocycles. The van der Waals surface area contributed by atoms with Crippen LogP contribution in [0.1, 0.15) is 36.8 Å². The molecule has 2 N–H and O–H groups in total. The molecule has 1 aliphatic carbocycles. The molecule has 0 spiro atoms. The lowest BCUT2D eigenvalue weighted by molar-refractivity contribution is -0.128. The molecule has 1 aromatic heterocycles. The van der Waals surface area contributed by atoms with Crippen molar-refractivity contribution < 1.29 is 9.90 Å². The zero-order valence-corrected chi connectivity index (χ0v) is 15.9. The number of benzene rings is 1. The van der Waals surface area contributed by atoms with Crippen molar-refractivity contribution in [1.29, 1.82) is 0 Å². The molecule has 1 aliphatic heterocycles. The van der Waals surface area contributed by atoms with Crippen molar-refractivity contribution in [2.24, 2.45) is 13.0 Å². The van der Waals surface area contributed by atoms with Crippen LogP contribution >= 0.6 is 0 Å². The summed E-state index contributed by atoms with van der Waals surface area (Å²) in [6.07, 6.45) is 4.96. The van der Waals surface area contributed by atoms with E-state index in [-0.39, 0.29) is 24.5 Å². The highest BCUT2D eigenvalue weighted by atomic mass is 16.3. The van der Waals surface area contributed by atoms with Crippen LogP contribution in [0.4, 0.5) is 0 Å². The number of aromatic nitrogens is 1. The van der Waals surface area contributed by atoms with Gasteiger partial charge in [-0.05, 0) is 43.5 Å². The van der Waals surface area contributed by atoms with Crippen LogP contribution in [-0.4, -0.2) is 52.8 Å². The van der Waals surface area contributed by atoms with Crippen LogP contribution in [-0.2, 0) is 18.3 Å². The van der Waals surface area contributed by atoms with Crippen LogP contribution in [0.5, 0.6) is 0 Å². The molecule has 4 atom stereocenters. The lowest BCUT2D eigenvalue weighted by Crippen LogP contribution is -2.52. The number of rotatable bonds is 4. The molecule has 0 saturated carbocycles. The summed E-state index contributed by atoms with van der Waals surface area (Å²) >= 11 is 0. The molecule has 2 aromatic rings. The molecule has 1 amide bonds. The summed E-state index contributed by atoms with van der Waals surface area (Å²) in [6, 6.07) is 6.90. The second-order valence-electron chi connectivity index (χ2n) is 8.05. The van der Waals surface area contributed by atoms with E-state index in [1.165, 1.54) is 22.0 Å². The molecule has 2 heterocycles. The van der Waals surface area contributed by atoms with Crippen molar-refractivity contribution >= 4 is 16.8 Å². The van der Waals surface area contributed by atoms with Crippen LogP contribution in [0.25, 0.3) is 10.9 Å². The average molecular weight is 355 g/mol. The van der Waals surface area contributed by atoms with Crippen molar-refractivity contribution in [3.05, 3.63) is 35.5 Å². The number of likely N-dealkylation sites (tertiary alicyclic amines) is 1. The van der Waals surface area contributed by atoms with E-state index in [1.807, 2.05) is 6.92 Å². The van der Waals surface area contributed by atoms with E-state index in [2.05, 4.69) is 53.3 Å². The van der Waals surface area contributed by atoms with Crippen LogP contribution in [0.3, 0.4) is 0 Å². The van der Waals surface area contributed by atoms with Gasteiger partial charge in [0.1, 0.15) is 0 Å². The smallest absolute Gasteiger partial charge is 0.224 e. The summed E-state index contributed by atoms with van der Waals surface area (Å²) in [5.74, 6) is 0.446. The quantitative estimate of drug-likeness (QED) is 0.882. The maximum atomic E-state index is 12.8. The number of aliphatic hydroxyl groups is 1. The van der Waals surface area contributed by atoms with Gasteiger partial charge >= 0.3 is 0 Å². The number of aryl methyl sites for hydroxylation is 1. The van der Waals surface area contributed by atoms with Crippen LogP contribution in [0.15, 0.2) is 24.4 Å². The maximum Gasteiger partial charge on any atom is 0.224 e. The molecule has 1 aromatic carbocycles. The van der Waals surface area contributed by atoms with Gasteiger partial charge in [-0.15, -0.1) is 0 Å². The molecule has 5 nitrogen and oxygen atoms in total. The Balaban J connectivity index is 1.64. The number of aliphatic hydroxyl groups excluding tert-OH is 1. The number of piperidine rings is 1. The van der Waals surface area contributed by atoms with Gasteiger partial charge in [0.25, 0.3) is 0 Å². The predicted molar refractivity (Wildman–Crippen MR) is 103 cm³/mol. The highest BCUT2D eigenvalue weighted by Gasteiger charge is 2.41. The fraction of sp³-hybridized carbons (Fsp3) is 0.571. The summed E-state index contributed by atoms with van der Waals surface area (Å²) in [7, 11) is 4.26. The van der Waals surface area contributed by atoms with E-state index in [1.54, 1.807) is 0 Å². The topological polar surface area (TPSA) is 57.5 Å². The van der Waals surface area contributed by atoms with Gasteiger partial charge in [-0.3, -0.25) is 4.79 Å². The number of likely N-dealkylation sites (N-methyl/N-ethyl adjacent to an activating group) is 1. The second kappa shape index (κ2) is 6.71. The molecule has 5 heteroatoms. The molecule has 0 radical (unpaired) electrons. The van der Waals surface area contributed by atoms with Gasteiger partial charge in [-0.1, -0.05) is 19.1 Å². The third kappa shape index (κ3) is 2.74. The van der Waals surface area contributed by atoms with Crippen LogP contribution < -0.4 is 5.32 Å². The van der Waals surface area contributed by atoms with E-state index in [9.17, 15) is 9.90 Å². The first-order chi connectivity index (χ1) is 12.5. The fourth-order valence-corrected chi connectivity index (χ4v) is 5.00. The molecule has 0 bridgehead atoms. The summed E-state index contributed by atoms with van der Waals surface area (Å²) < 4.78 is 2.22. The van der Waals surface area contributed by atoms with E-state index >= 15 is 0 Å². The molecular formula is C21H29N3O2. The third-order valence-corrected chi connectivity index (χ3v) is 6.46. The maximum absolute atomic E-state index is 12.8. The number of nitrogens with zero attached hydrogens (tertiary/aromatic N) is 2. The minimum atomic E-state index is -0.138. The Bertz CT molecular complexity index is 824. The average Bonchev–Trinajstić information content (AvgIpc) is 2.97. The number of nitrogens with one attached hydrogen (secondary N) is 1. The minimum Gasteiger partial charge on any atom is -0.394 e. The van der Waals surface area contributed by atoms with Gasteiger partial charge in [-0.2, -0.15) is 0 Å². The second-order valence-corrected chi connectivity index (χ2v) is 8.05. The third-order valence-electron chi connectivity index (χ3n) is 6.46. The number of amides is 1. The first-order valence-corrected chi connectivity index (χ1v) is 9.71. The summed E-state index contributed by atoms with van der Waals surface area (Å²) in [5, 5.41) is 13.8. The lowest BCUT2D eigenvalue weighted by atomic mass is 9.72. The van der Waals surface area contributed by atoms with Crippen molar-refractivity contribution in [2.75, 3.05) is 20.2 Å². The van der Waals surface area contributed by atoms with Gasteiger partial charge in [0.05, 0.1) is 18.6 Å². The first-order valence-electron chi connectivity index (χ1n) is 9.71. The lowest BCUT2D eigenvalue weighted by Gasteiger charge is -2.45. The number of hydrogen-bond acceptors (Lipinski definition) is 3. The minimum absolute atomic E-state index is 0.00351. The van der Waals surface area contributed by atoms with E-state index in [4.69, 9.17) is 0 Å². The zero-order valence-electron chi connectivity index (χ0n) is 15.9. The van der Waals surface area contributed by atoms with Gasteiger partial charge < -0.3 is 19.9 Å². The van der Waals surface area contributed by atoms with Crippen molar-refractivity contribution in [3.63, 3.8) is 0 Å². The molecule has 140 valence electrons. The van der Waals surface area contributed by atoms with E-state index in [0.717, 1.165) is 25.8 Å². The predicted octanol–water partition coefficient (Wildman–Crippen LogP) is 2.03. The van der Waals surface area contributed by atoms with E-state index < -0.39 is 0 Å². The Hall–Kier alpha value is -1.85. The molecule has 4 rings (SSSR count). The first kappa shape index (κ1) is 17.6. The molecular weight excluding hydrogens is 326 g/mol. The number of carbonyl (C=O) groups excluding carboxylic acids is 1. The number of carbonyl (C=O) groups is 1. The standard InChI is InChI=1S/C21H29N3O2/c1-4-15(12-25)22-21(26)14-8-17-16-6-5-7-18-20(16)13(10-23(18)2)9-19(17)24(3)11-14/h5-7,10,14-15,17,19,25H,4,8-9,11-12H2,1-3H3,(H,22,26)/t14-,15?,17-,19-/m1/s1. The van der Waals surface area contributed by atoms with Gasteiger partial charge in [0.2, 0.25) is 5.91 Å². The molecule has 1 fully saturated rings. The zero-order chi connectivity index (χ0) is 18.4. The van der Waals surface area contributed by atoms with Gasteiger partial charge in [0, 0.05) is 42.7 Å². The van der Waals surface area contributed by atoms with Crippen LogP contribution in [0.2, 0.25) is 0 Å². The van der Waals surface area contributed by atoms with E-state index in [0.29, 0.717) is 12.0 Å². The molecule has 2 aliphatic rings. The van der Waals surface area contributed by atoms with Gasteiger partial charge in [-0.25, -0.2) is 0 Å². The highest BCUT2D eigenvalue weighted by molar-refractivity contribution is 5.89. The van der Waals surface area contributed by atoms with Crippen molar-refractivity contribution in [2.45, 2.75) is 44.2 Å². The summed E-state index contributed by atoms with van der Waals surface area (Å²) in [5.41, 5.74) is 4.12. The molecule has 26 heavy (non-hydrogen) atoms. The largest absolute Gasteiger partial charge is 0.394 e. The monoisotopic (exact) mass is 355 g/mol. The SMILES string of the molecule is CCC(CO)NC(=O)[C@@H]1C[C@@H]2c3cccc4c3c(cn4C)C[C@H]2N(C)C1. The number of hydrogen-bond donors (Lipinski definition) is 2. The summed E-state index contributed by atoms with van der Waals surface area (Å²) in [4.78, 5) is 15.2. The Morgan fingerprint density at radius 1 is 1.38 bits per heavy atom. The van der Waals surface area contributed by atoms with Crippen LogP contribution in [0, 0.1) is 5.92 Å². The Morgan fingerprint density at radius 3 is 2.92 bits per heavy atom. The van der Waals surface area contributed by atoms with Crippen molar-refractivity contribution in [1.82, 2.24) is 14.8 Å². The van der Waals surface area contributed by atoms with Crippen molar-refractivity contribution in [3.8, 4) is 0 Å². The molecule has 1 unspecified atom stereocenters. The Morgan fingerprint density at radius 2 is 2.19 bits per heavy atom. The Kier molecular flexibility index (Phi) is 4.53. The summed E-state index contributed by atoms with van der Waals surface area (Å²) in [6.45, 7) is 2.78. The fourth-order valence-electron chi connectivity index (χ4n) is 5.00. The number of fused-ring (bicyclic) bond motifs is 2. The Labute approximate surface area is 155 Å². The normalized spacial score (nSPS) is 26.5. The highest BCUT2D eigenvalue weighted by Crippen LogP contribution is 2.44. The van der Waals surface area contributed by atoms with Gasteiger partial charge in [0.15, 0.2) is 0 Å².